The molecule has 7 heteroatoms. The van der Waals surface area contributed by atoms with Gasteiger partial charge in [0.2, 0.25) is 0 Å². The van der Waals surface area contributed by atoms with Crippen LogP contribution in [0.1, 0.15) is 54.0 Å². The predicted molar refractivity (Wildman–Crippen MR) is 109 cm³/mol. The lowest BCUT2D eigenvalue weighted by Crippen LogP contribution is -2.15. The molecule has 0 radical (unpaired) electrons. The van der Waals surface area contributed by atoms with Crippen molar-refractivity contribution in [3.05, 3.63) is 63.5 Å². The molecule has 0 aliphatic heterocycles. The Balaban J connectivity index is 2.41. The van der Waals surface area contributed by atoms with Gasteiger partial charge in [-0.1, -0.05) is 18.7 Å². The lowest BCUT2D eigenvalue weighted by molar-refractivity contribution is 0.0527. The normalized spacial score (nSPS) is 10.3. The Labute approximate surface area is 168 Å². The third kappa shape index (κ3) is 4.67. The van der Waals surface area contributed by atoms with Crippen LogP contribution in [-0.2, 0) is 9.47 Å². The zero-order valence-corrected chi connectivity index (χ0v) is 17.2. The standard InChI is InChI=1S/C21H23NO5S/c1-6-10-27-21(25)17-14(5)16(20(24)26-7-2)19(28-17)22-18(23)15-9-8-12(3)13(4)11-15/h6,8-9,11H,1,7,10H2,2-5H3,(H,22,23). The summed E-state index contributed by atoms with van der Waals surface area (Å²) >= 11 is 0.988. The fourth-order valence-electron chi connectivity index (χ4n) is 2.50. The maximum atomic E-state index is 12.7. The molecule has 0 saturated carbocycles. The van der Waals surface area contributed by atoms with Gasteiger partial charge in [-0.3, -0.25) is 4.79 Å². The minimum Gasteiger partial charge on any atom is -0.462 e. The molecule has 0 aliphatic rings. The second-order valence-electron chi connectivity index (χ2n) is 6.12. The summed E-state index contributed by atoms with van der Waals surface area (Å²) in [6.45, 7) is 10.9. The summed E-state index contributed by atoms with van der Waals surface area (Å²) in [4.78, 5) is 37.6. The molecule has 28 heavy (non-hydrogen) atoms. The fraction of sp³-hybridized carbons (Fsp3) is 0.286. The molecule has 6 nitrogen and oxygen atoms in total. The van der Waals surface area contributed by atoms with Crippen molar-refractivity contribution >= 4 is 34.2 Å². The molecule has 2 aromatic rings. The first-order chi connectivity index (χ1) is 13.3. The number of amides is 1. The van der Waals surface area contributed by atoms with Crippen LogP contribution in [0.15, 0.2) is 30.9 Å². The van der Waals surface area contributed by atoms with E-state index in [0.29, 0.717) is 11.1 Å². The monoisotopic (exact) mass is 401 g/mol. The van der Waals surface area contributed by atoms with Gasteiger partial charge in [-0.2, -0.15) is 0 Å². The van der Waals surface area contributed by atoms with Crippen LogP contribution in [0.2, 0.25) is 0 Å². The Morgan fingerprint density at radius 2 is 1.82 bits per heavy atom. The zero-order chi connectivity index (χ0) is 20.8. The second-order valence-corrected chi connectivity index (χ2v) is 7.14. The molecule has 1 N–H and O–H groups in total. The number of hydrogen-bond donors (Lipinski definition) is 1. The maximum absolute atomic E-state index is 12.7. The van der Waals surface area contributed by atoms with E-state index in [4.69, 9.17) is 9.47 Å². The van der Waals surface area contributed by atoms with Crippen LogP contribution in [0.5, 0.6) is 0 Å². The van der Waals surface area contributed by atoms with E-state index in [1.54, 1.807) is 26.0 Å². The molecule has 1 aromatic heterocycles. The first kappa shape index (κ1) is 21.4. The number of hydrogen-bond acceptors (Lipinski definition) is 6. The highest BCUT2D eigenvalue weighted by Crippen LogP contribution is 2.34. The number of ether oxygens (including phenoxy) is 2. The van der Waals surface area contributed by atoms with Crippen LogP contribution in [0.4, 0.5) is 5.00 Å². The van der Waals surface area contributed by atoms with E-state index in [2.05, 4.69) is 11.9 Å². The Hall–Kier alpha value is -2.93. The van der Waals surface area contributed by atoms with Crippen molar-refractivity contribution in [2.45, 2.75) is 27.7 Å². The van der Waals surface area contributed by atoms with Gasteiger partial charge in [0.15, 0.2) is 0 Å². The number of thiophene rings is 1. The first-order valence-corrected chi connectivity index (χ1v) is 9.58. The summed E-state index contributed by atoms with van der Waals surface area (Å²) in [7, 11) is 0. The van der Waals surface area contributed by atoms with Crippen molar-refractivity contribution in [2.24, 2.45) is 0 Å². The molecule has 0 unspecified atom stereocenters. The van der Waals surface area contributed by atoms with Gasteiger partial charge in [-0.25, -0.2) is 9.59 Å². The fourth-order valence-corrected chi connectivity index (χ4v) is 3.59. The van der Waals surface area contributed by atoms with E-state index in [1.165, 1.54) is 6.08 Å². The van der Waals surface area contributed by atoms with E-state index in [9.17, 15) is 14.4 Å². The van der Waals surface area contributed by atoms with Crippen LogP contribution in [0, 0.1) is 20.8 Å². The number of aryl methyl sites for hydroxylation is 2. The number of nitrogens with one attached hydrogen (secondary N) is 1. The van der Waals surface area contributed by atoms with Crippen molar-refractivity contribution < 1.29 is 23.9 Å². The Bertz CT molecular complexity index is 929. The van der Waals surface area contributed by atoms with E-state index >= 15 is 0 Å². The van der Waals surface area contributed by atoms with Crippen molar-refractivity contribution in [2.75, 3.05) is 18.5 Å². The largest absolute Gasteiger partial charge is 0.462 e. The summed E-state index contributed by atoms with van der Waals surface area (Å²) in [5.41, 5.74) is 3.08. The smallest absolute Gasteiger partial charge is 0.348 e. The lowest BCUT2D eigenvalue weighted by atomic mass is 10.1. The van der Waals surface area contributed by atoms with Gasteiger partial charge in [-0.15, -0.1) is 11.3 Å². The van der Waals surface area contributed by atoms with Crippen molar-refractivity contribution in [1.29, 1.82) is 0 Å². The zero-order valence-electron chi connectivity index (χ0n) is 16.4. The third-order valence-electron chi connectivity index (χ3n) is 4.14. The number of esters is 2. The number of rotatable bonds is 7. The van der Waals surface area contributed by atoms with E-state index in [1.807, 2.05) is 19.9 Å². The van der Waals surface area contributed by atoms with Gasteiger partial charge in [-0.05, 0) is 56.5 Å². The Morgan fingerprint density at radius 1 is 1.11 bits per heavy atom. The summed E-state index contributed by atoms with van der Waals surface area (Å²) < 4.78 is 10.2. The summed E-state index contributed by atoms with van der Waals surface area (Å²) in [5, 5.41) is 2.99. The van der Waals surface area contributed by atoms with Crippen LogP contribution >= 0.6 is 11.3 Å². The Kier molecular flexibility index (Phi) is 7.12. The van der Waals surface area contributed by atoms with Gasteiger partial charge < -0.3 is 14.8 Å². The minimum absolute atomic E-state index is 0.0508. The molecular weight excluding hydrogens is 378 g/mol. The van der Waals surface area contributed by atoms with Gasteiger partial charge in [0.25, 0.3) is 5.91 Å². The minimum atomic E-state index is -0.602. The topological polar surface area (TPSA) is 81.7 Å². The van der Waals surface area contributed by atoms with E-state index in [-0.39, 0.29) is 34.6 Å². The quantitative estimate of drug-likeness (QED) is 0.548. The molecule has 1 amide bonds. The van der Waals surface area contributed by atoms with Gasteiger partial charge in [0.1, 0.15) is 16.5 Å². The highest BCUT2D eigenvalue weighted by molar-refractivity contribution is 7.18. The van der Waals surface area contributed by atoms with Crippen LogP contribution in [0.25, 0.3) is 0 Å². The molecule has 2 rings (SSSR count). The predicted octanol–water partition coefficient (Wildman–Crippen LogP) is 4.45. The van der Waals surface area contributed by atoms with E-state index in [0.717, 1.165) is 22.5 Å². The average Bonchev–Trinajstić information content (AvgIpc) is 2.98. The molecule has 0 bridgehead atoms. The average molecular weight is 401 g/mol. The second kappa shape index (κ2) is 9.32. The maximum Gasteiger partial charge on any atom is 0.348 e. The van der Waals surface area contributed by atoms with E-state index < -0.39 is 11.9 Å². The van der Waals surface area contributed by atoms with Crippen LogP contribution in [0.3, 0.4) is 0 Å². The number of carbonyl (C=O) groups excluding carboxylic acids is 3. The summed E-state index contributed by atoms with van der Waals surface area (Å²) in [6.07, 6.45) is 1.45. The molecule has 0 spiro atoms. The number of benzene rings is 1. The van der Waals surface area contributed by atoms with Crippen molar-refractivity contribution in [1.82, 2.24) is 0 Å². The van der Waals surface area contributed by atoms with Crippen LogP contribution < -0.4 is 5.32 Å². The highest BCUT2D eigenvalue weighted by Gasteiger charge is 2.27. The molecule has 0 saturated heterocycles. The number of anilines is 1. The number of carbonyl (C=O) groups is 3. The SMILES string of the molecule is C=CCOC(=O)c1sc(NC(=O)c2ccc(C)c(C)c2)c(C(=O)OCC)c1C. The molecule has 0 aliphatic carbocycles. The molecule has 0 atom stereocenters. The van der Waals surface area contributed by atoms with Gasteiger partial charge >= 0.3 is 11.9 Å². The first-order valence-electron chi connectivity index (χ1n) is 8.77. The summed E-state index contributed by atoms with van der Waals surface area (Å²) in [5.74, 6) is -1.56. The highest BCUT2D eigenvalue weighted by atomic mass is 32.1. The molecule has 1 aromatic carbocycles. The van der Waals surface area contributed by atoms with Crippen molar-refractivity contribution in [3.8, 4) is 0 Å². The molecule has 1 heterocycles. The lowest BCUT2D eigenvalue weighted by Gasteiger charge is -2.08. The van der Waals surface area contributed by atoms with Gasteiger partial charge in [0.05, 0.1) is 12.2 Å². The molecule has 0 fully saturated rings. The van der Waals surface area contributed by atoms with Gasteiger partial charge in [0, 0.05) is 5.56 Å². The third-order valence-corrected chi connectivity index (χ3v) is 5.33. The van der Waals surface area contributed by atoms with Crippen LogP contribution in [-0.4, -0.2) is 31.1 Å². The molecular formula is C21H23NO5S. The Morgan fingerprint density at radius 3 is 2.43 bits per heavy atom. The van der Waals surface area contributed by atoms with Crippen molar-refractivity contribution in [3.63, 3.8) is 0 Å². The summed E-state index contributed by atoms with van der Waals surface area (Å²) in [6, 6.07) is 5.34. The molecule has 148 valence electrons.